The summed E-state index contributed by atoms with van der Waals surface area (Å²) in [6.07, 6.45) is 0. The molecule has 0 fully saturated rings. The number of carbonyl (C=O) groups excluding carboxylic acids is 2. The summed E-state index contributed by atoms with van der Waals surface area (Å²) in [5, 5.41) is 3.17. The Balaban J connectivity index is 2.18. The number of halogens is 1. The van der Waals surface area contributed by atoms with E-state index in [0.717, 1.165) is 6.07 Å². The minimum absolute atomic E-state index is 0.157. The minimum Gasteiger partial charge on any atom is -0.313 e. The number of anilines is 1. The zero-order valence-electron chi connectivity index (χ0n) is 10.4. The minimum atomic E-state index is -0.631. The molecule has 0 saturated carbocycles. The molecule has 1 heterocycles. The summed E-state index contributed by atoms with van der Waals surface area (Å²) in [5.41, 5.74) is 0.654. The average Bonchev–Trinajstić information content (AvgIpc) is 2.54. The Hall–Kier alpha value is -1.75. The number of nitrogens with zero attached hydrogens (tertiary/aromatic N) is 1. The van der Waals surface area contributed by atoms with Crippen LogP contribution in [0.1, 0.15) is 24.2 Å². The molecule has 0 bridgehead atoms. The van der Waals surface area contributed by atoms with E-state index in [-0.39, 0.29) is 5.56 Å². The molecule has 0 aliphatic carbocycles. The Morgan fingerprint density at radius 3 is 2.72 bits per heavy atom. The molecule has 1 aromatic carbocycles. The Kier molecular flexibility index (Phi) is 3.43. The number of nitrogens with one attached hydrogen (secondary N) is 1. The molecule has 0 atom stereocenters. The van der Waals surface area contributed by atoms with Crippen LogP contribution in [0.4, 0.5) is 10.1 Å². The zero-order chi connectivity index (χ0) is 13.3. The van der Waals surface area contributed by atoms with Gasteiger partial charge in [-0.3, -0.25) is 9.59 Å². The number of hydrogen-bond donors (Lipinski definition) is 1. The summed E-state index contributed by atoms with van der Waals surface area (Å²) in [4.78, 5) is 24.8. The molecule has 18 heavy (non-hydrogen) atoms. The number of fused-ring (bicyclic) bond motifs is 1. The van der Waals surface area contributed by atoms with Gasteiger partial charge in [-0.25, -0.2) is 4.39 Å². The van der Waals surface area contributed by atoms with E-state index >= 15 is 0 Å². The Bertz CT molecular complexity index is 500. The molecular formula is C13H15FN2O2. The topological polar surface area (TPSA) is 49.4 Å². The summed E-state index contributed by atoms with van der Waals surface area (Å²) in [5.74, 6) is -1.72. The van der Waals surface area contributed by atoms with Crippen LogP contribution in [0.5, 0.6) is 0 Å². The van der Waals surface area contributed by atoms with Crippen molar-refractivity contribution < 1.29 is 14.0 Å². The number of benzene rings is 1. The van der Waals surface area contributed by atoms with Crippen molar-refractivity contribution in [2.24, 2.45) is 0 Å². The molecule has 1 aliphatic rings. The third-order valence-corrected chi connectivity index (χ3v) is 2.82. The van der Waals surface area contributed by atoms with E-state index in [9.17, 15) is 14.0 Å². The largest absolute Gasteiger partial charge is 0.313 e. The predicted octanol–water partition coefficient (Wildman–Crippen LogP) is 1.35. The van der Waals surface area contributed by atoms with Crippen LogP contribution in [-0.2, 0) is 4.79 Å². The maximum Gasteiger partial charge on any atom is 0.299 e. The van der Waals surface area contributed by atoms with Gasteiger partial charge < -0.3 is 10.2 Å². The number of ketones is 1. The van der Waals surface area contributed by atoms with Gasteiger partial charge in [0.15, 0.2) is 0 Å². The quantitative estimate of drug-likeness (QED) is 0.821. The molecule has 0 saturated heterocycles. The lowest BCUT2D eigenvalue weighted by Crippen LogP contribution is -2.37. The summed E-state index contributed by atoms with van der Waals surface area (Å²) >= 11 is 0. The van der Waals surface area contributed by atoms with Crippen LogP contribution in [0.2, 0.25) is 0 Å². The van der Waals surface area contributed by atoms with Gasteiger partial charge in [-0.1, -0.05) is 13.8 Å². The van der Waals surface area contributed by atoms with E-state index in [1.165, 1.54) is 17.0 Å². The third-order valence-electron chi connectivity index (χ3n) is 2.82. The second-order valence-electron chi connectivity index (χ2n) is 4.56. The average molecular weight is 250 g/mol. The highest BCUT2D eigenvalue weighted by atomic mass is 19.1. The van der Waals surface area contributed by atoms with Crippen LogP contribution in [0.3, 0.4) is 0 Å². The monoisotopic (exact) mass is 250 g/mol. The van der Waals surface area contributed by atoms with E-state index < -0.39 is 17.5 Å². The molecule has 0 unspecified atom stereocenters. The van der Waals surface area contributed by atoms with Gasteiger partial charge in [0.05, 0.1) is 11.3 Å². The normalized spacial score (nSPS) is 14.6. The second kappa shape index (κ2) is 4.86. The smallest absolute Gasteiger partial charge is 0.299 e. The third kappa shape index (κ3) is 2.26. The fourth-order valence-electron chi connectivity index (χ4n) is 1.96. The Morgan fingerprint density at radius 2 is 2.06 bits per heavy atom. The van der Waals surface area contributed by atoms with Crippen LogP contribution in [0.15, 0.2) is 18.2 Å². The van der Waals surface area contributed by atoms with Crippen molar-refractivity contribution in [2.75, 3.05) is 18.0 Å². The van der Waals surface area contributed by atoms with E-state index in [1.54, 1.807) is 0 Å². The molecule has 4 nitrogen and oxygen atoms in total. The SMILES string of the molecule is CC(C)NCCN1C(=O)C(=O)c2cc(F)ccc21. The van der Waals surface area contributed by atoms with E-state index in [4.69, 9.17) is 0 Å². The Morgan fingerprint density at radius 1 is 1.33 bits per heavy atom. The summed E-state index contributed by atoms with van der Waals surface area (Å²) in [7, 11) is 0. The first-order valence-corrected chi connectivity index (χ1v) is 5.90. The van der Waals surface area contributed by atoms with Gasteiger partial charge >= 0.3 is 0 Å². The highest BCUT2D eigenvalue weighted by molar-refractivity contribution is 6.52. The van der Waals surface area contributed by atoms with E-state index in [2.05, 4.69) is 5.32 Å². The molecule has 0 radical (unpaired) electrons. The summed E-state index contributed by atoms with van der Waals surface area (Å²) < 4.78 is 13.1. The number of rotatable bonds is 4. The number of Topliss-reactive ketones (excluding diaryl/α,β-unsaturated/α-hetero) is 1. The molecule has 0 aromatic heterocycles. The van der Waals surface area contributed by atoms with Crippen LogP contribution >= 0.6 is 0 Å². The van der Waals surface area contributed by atoms with Crippen molar-refractivity contribution in [1.82, 2.24) is 5.32 Å². The van der Waals surface area contributed by atoms with Crippen LogP contribution in [-0.4, -0.2) is 30.8 Å². The van der Waals surface area contributed by atoms with Crippen LogP contribution in [0, 0.1) is 5.82 Å². The van der Waals surface area contributed by atoms with E-state index in [0.29, 0.717) is 24.8 Å². The fourth-order valence-corrected chi connectivity index (χ4v) is 1.96. The van der Waals surface area contributed by atoms with Crippen molar-refractivity contribution in [3.8, 4) is 0 Å². The Labute approximate surface area is 105 Å². The predicted molar refractivity (Wildman–Crippen MR) is 66.2 cm³/mol. The van der Waals surface area contributed by atoms with Gasteiger partial charge in [0, 0.05) is 19.1 Å². The van der Waals surface area contributed by atoms with Crippen molar-refractivity contribution in [3.63, 3.8) is 0 Å². The van der Waals surface area contributed by atoms with Crippen LogP contribution in [0.25, 0.3) is 0 Å². The maximum absolute atomic E-state index is 13.1. The number of amides is 1. The summed E-state index contributed by atoms with van der Waals surface area (Å²) in [6, 6.07) is 4.16. The standard InChI is InChI=1S/C13H15FN2O2/c1-8(2)15-5-6-16-11-4-3-9(14)7-10(11)12(17)13(16)18/h3-4,7-8,15H,5-6H2,1-2H3. The molecular weight excluding hydrogens is 235 g/mol. The first-order chi connectivity index (χ1) is 8.50. The van der Waals surface area contributed by atoms with Gasteiger partial charge in [0.1, 0.15) is 5.82 Å². The number of carbonyl (C=O) groups is 2. The zero-order valence-corrected chi connectivity index (χ0v) is 10.4. The first kappa shape index (κ1) is 12.7. The first-order valence-electron chi connectivity index (χ1n) is 5.90. The molecule has 96 valence electrons. The maximum atomic E-state index is 13.1. The van der Waals surface area contributed by atoms with Crippen molar-refractivity contribution in [3.05, 3.63) is 29.6 Å². The molecule has 1 aliphatic heterocycles. The highest BCUT2D eigenvalue weighted by Gasteiger charge is 2.35. The molecule has 1 aromatic rings. The van der Waals surface area contributed by atoms with Crippen molar-refractivity contribution in [1.29, 1.82) is 0 Å². The van der Waals surface area contributed by atoms with E-state index in [1.807, 2.05) is 13.8 Å². The highest BCUT2D eigenvalue weighted by Crippen LogP contribution is 2.28. The van der Waals surface area contributed by atoms with Gasteiger partial charge in [-0.2, -0.15) is 0 Å². The molecule has 1 N–H and O–H groups in total. The lowest BCUT2D eigenvalue weighted by molar-refractivity contribution is -0.114. The van der Waals surface area contributed by atoms with Crippen molar-refractivity contribution in [2.45, 2.75) is 19.9 Å². The van der Waals surface area contributed by atoms with Gasteiger partial charge in [0.2, 0.25) is 0 Å². The molecule has 5 heteroatoms. The lowest BCUT2D eigenvalue weighted by Gasteiger charge is -2.17. The van der Waals surface area contributed by atoms with Crippen LogP contribution < -0.4 is 10.2 Å². The van der Waals surface area contributed by atoms with Gasteiger partial charge in [-0.15, -0.1) is 0 Å². The molecule has 2 rings (SSSR count). The fraction of sp³-hybridized carbons (Fsp3) is 0.385. The second-order valence-corrected chi connectivity index (χ2v) is 4.56. The van der Waals surface area contributed by atoms with Crippen molar-refractivity contribution >= 4 is 17.4 Å². The molecule has 0 spiro atoms. The lowest BCUT2D eigenvalue weighted by atomic mass is 10.1. The van der Waals surface area contributed by atoms with Gasteiger partial charge in [-0.05, 0) is 18.2 Å². The van der Waals surface area contributed by atoms with Gasteiger partial charge in [0.25, 0.3) is 11.7 Å². The summed E-state index contributed by atoms with van der Waals surface area (Å²) in [6.45, 7) is 5.00. The number of hydrogen-bond acceptors (Lipinski definition) is 3. The molecule has 1 amide bonds.